The number of carbonyl (C=O) groups excluding carboxylic acids is 1. The number of hydrogen-bond donors (Lipinski definition) is 2. The van der Waals surface area contributed by atoms with Gasteiger partial charge in [-0.15, -0.1) is 24.0 Å². The Kier molecular flexibility index (Phi) is 10.8. The van der Waals surface area contributed by atoms with Crippen molar-refractivity contribution >= 4 is 46.6 Å². The Hall–Kier alpha value is -1.83. The molecule has 0 saturated heterocycles. The van der Waals surface area contributed by atoms with Gasteiger partial charge in [-0.25, -0.2) is 4.99 Å². The highest BCUT2D eigenvalue weighted by Gasteiger charge is 2.09. The first kappa shape index (κ1) is 23.2. The summed E-state index contributed by atoms with van der Waals surface area (Å²) in [6, 6.07) is 14.6. The van der Waals surface area contributed by atoms with E-state index in [2.05, 4.69) is 52.0 Å². The summed E-state index contributed by atoms with van der Waals surface area (Å²) in [6.07, 6.45) is 0.473. The fraction of sp³-hybridized carbons (Fsp3) is 0.429. The molecule has 0 atom stereocenters. The maximum atomic E-state index is 12.1. The first-order chi connectivity index (χ1) is 12.7. The molecule has 6 heteroatoms. The van der Waals surface area contributed by atoms with Gasteiger partial charge in [0.15, 0.2) is 5.96 Å². The Morgan fingerprint density at radius 2 is 1.70 bits per heavy atom. The number of fused-ring (bicyclic) bond motifs is 1. The fourth-order valence-corrected chi connectivity index (χ4v) is 2.96. The average molecular weight is 482 g/mol. The van der Waals surface area contributed by atoms with Crippen LogP contribution in [0.25, 0.3) is 10.8 Å². The molecule has 2 aromatic carbocycles. The van der Waals surface area contributed by atoms with Crippen LogP contribution in [0.4, 0.5) is 0 Å². The minimum absolute atomic E-state index is 0. The van der Waals surface area contributed by atoms with Gasteiger partial charge in [-0.05, 0) is 37.1 Å². The zero-order chi connectivity index (χ0) is 18.8. The molecule has 0 spiro atoms. The minimum Gasteiger partial charge on any atom is -0.357 e. The standard InChI is InChI=1S/C21H30N4O.HI/c1-4-22-21(23-15-14-20(26)25(5-2)6-3)24-16-18-12-9-11-17-10-7-8-13-19(17)18;/h7-13H,4-6,14-16H2,1-3H3,(H2,22,23,24);1H. The zero-order valence-electron chi connectivity index (χ0n) is 16.5. The van der Waals surface area contributed by atoms with Gasteiger partial charge in [0, 0.05) is 32.6 Å². The number of nitrogens with one attached hydrogen (secondary N) is 2. The van der Waals surface area contributed by atoms with E-state index >= 15 is 0 Å². The van der Waals surface area contributed by atoms with Gasteiger partial charge in [0.25, 0.3) is 0 Å². The summed E-state index contributed by atoms with van der Waals surface area (Å²) in [6.45, 7) is 9.52. The van der Waals surface area contributed by atoms with E-state index in [0.29, 0.717) is 19.5 Å². The highest BCUT2D eigenvalue weighted by Crippen LogP contribution is 2.19. The first-order valence-corrected chi connectivity index (χ1v) is 9.46. The second-order valence-corrected chi connectivity index (χ2v) is 6.08. The molecule has 0 radical (unpaired) electrons. The molecular formula is C21H31IN4O. The number of halogens is 1. The summed E-state index contributed by atoms with van der Waals surface area (Å²) in [7, 11) is 0. The van der Waals surface area contributed by atoms with Gasteiger partial charge in [0.1, 0.15) is 0 Å². The van der Waals surface area contributed by atoms with Crippen molar-refractivity contribution in [2.24, 2.45) is 4.99 Å². The molecule has 2 rings (SSSR count). The third kappa shape index (κ3) is 7.01. The van der Waals surface area contributed by atoms with Gasteiger partial charge in [-0.3, -0.25) is 4.79 Å². The van der Waals surface area contributed by atoms with Gasteiger partial charge in [-0.1, -0.05) is 42.5 Å². The Bertz CT molecular complexity index is 739. The maximum Gasteiger partial charge on any atom is 0.224 e. The van der Waals surface area contributed by atoms with Crippen molar-refractivity contribution in [2.75, 3.05) is 26.2 Å². The van der Waals surface area contributed by atoms with Crippen molar-refractivity contribution in [1.82, 2.24) is 15.5 Å². The van der Waals surface area contributed by atoms with Crippen LogP contribution in [0.3, 0.4) is 0 Å². The molecular weight excluding hydrogens is 451 g/mol. The van der Waals surface area contributed by atoms with Crippen molar-refractivity contribution in [3.05, 3.63) is 48.0 Å². The lowest BCUT2D eigenvalue weighted by molar-refractivity contribution is -0.130. The summed E-state index contributed by atoms with van der Waals surface area (Å²) in [5.41, 5.74) is 1.19. The molecule has 0 unspecified atom stereocenters. The quantitative estimate of drug-likeness (QED) is 0.342. The number of guanidine groups is 1. The van der Waals surface area contributed by atoms with E-state index in [0.717, 1.165) is 25.6 Å². The van der Waals surface area contributed by atoms with Crippen molar-refractivity contribution in [3.8, 4) is 0 Å². The molecule has 0 aliphatic heterocycles. The number of carbonyl (C=O) groups is 1. The normalized spacial score (nSPS) is 11.0. The zero-order valence-corrected chi connectivity index (χ0v) is 18.8. The predicted molar refractivity (Wildman–Crippen MR) is 125 cm³/mol. The van der Waals surface area contributed by atoms with Crippen LogP contribution in [0.1, 0.15) is 32.8 Å². The number of benzene rings is 2. The molecule has 0 aromatic heterocycles. The van der Waals surface area contributed by atoms with Crippen LogP contribution < -0.4 is 10.6 Å². The third-order valence-corrected chi connectivity index (χ3v) is 4.38. The summed E-state index contributed by atoms with van der Waals surface area (Å²) in [5, 5.41) is 8.96. The van der Waals surface area contributed by atoms with Gasteiger partial charge >= 0.3 is 0 Å². The highest BCUT2D eigenvalue weighted by molar-refractivity contribution is 14.0. The molecule has 5 nitrogen and oxygen atoms in total. The molecule has 0 aliphatic rings. The second kappa shape index (κ2) is 12.5. The van der Waals surface area contributed by atoms with E-state index in [1.807, 2.05) is 31.7 Å². The van der Waals surface area contributed by atoms with E-state index < -0.39 is 0 Å². The largest absolute Gasteiger partial charge is 0.357 e. The van der Waals surface area contributed by atoms with Crippen LogP contribution in [0, 0.1) is 0 Å². The summed E-state index contributed by atoms with van der Waals surface area (Å²) >= 11 is 0. The van der Waals surface area contributed by atoms with Crippen LogP contribution in [-0.4, -0.2) is 42.9 Å². The summed E-state index contributed by atoms with van der Waals surface area (Å²) < 4.78 is 0. The van der Waals surface area contributed by atoms with Gasteiger partial charge in [-0.2, -0.15) is 0 Å². The maximum absolute atomic E-state index is 12.1. The van der Waals surface area contributed by atoms with Crippen LogP contribution in [0.15, 0.2) is 47.5 Å². The summed E-state index contributed by atoms with van der Waals surface area (Å²) in [4.78, 5) is 18.6. The lowest BCUT2D eigenvalue weighted by atomic mass is 10.1. The Labute approximate surface area is 179 Å². The Morgan fingerprint density at radius 3 is 2.41 bits per heavy atom. The molecule has 0 bridgehead atoms. The van der Waals surface area contributed by atoms with Crippen LogP contribution >= 0.6 is 24.0 Å². The lowest BCUT2D eigenvalue weighted by Gasteiger charge is -2.19. The van der Waals surface area contributed by atoms with Gasteiger partial charge in [0.2, 0.25) is 5.91 Å². The molecule has 0 aliphatic carbocycles. The second-order valence-electron chi connectivity index (χ2n) is 6.08. The molecule has 0 fully saturated rings. The topological polar surface area (TPSA) is 56.7 Å². The fourth-order valence-electron chi connectivity index (χ4n) is 2.96. The Morgan fingerprint density at radius 1 is 1.00 bits per heavy atom. The number of amides is 1. The molecule has 2 N–H and O–H groups in total. The van der Waals surface area contributed by atoms with E-state index in [9.17, 15) is 4.79 Å². The van der Waals surface area contributed by atoms with E-state index in [-0.39, 0.29) is 29.9 Å². The van der Waals surface area contributed by atoms with E-state index in [1.54, 1.807) is 0 Å². The smallest absolute Gasteiger partial charge is 0.224 e. The molecule has 2 aromatic rings. The molecule has 27 heavy (non-hydrogen) atoms. The van der Waals surface area contributed by atoms with E-state index in [1.165, 1.54) is 16.3 Å². The number of hydrogen-bond acceptors (Lipinski definition) is 2. The van der Waals surface area contributed by atoms with Gasteiger partial charge < -0.3 is 15.5 Å². The third-order valence-electron chi connectivity index (χ3n) is 4.38. The number of nitrogens with zero attached hydrogens (tertiary/aromatic N) is 2. The summed E-state index contributed by atoms with van der Waals surface area (Å²) in [5.74, 6) is 0.917. The molecule has 0 heterocycles. The SMILES string of the molecule is CCNC(=NCc1cccc2ccccc12)NCCC(=O)N(CC)CC.I. The van der Waals surface area contributed by atoms with Crippen molar-refractivity contribution < 1.29 is 4.79 Å². The van der Waals surface area contributed by atoms with Gasteiger partial charge in [0.05, 0.1) is 6.54 Å². The predicted octanol–water partition coefficient (Wildman–Crippen LogP) is 3.77. The molecule has 0 saturated carbocycles. The van der Waals surface area contributed by atoms with Crippen LogP contribution in [0.5, 0.6) is 0 Å². The van der Waals surface area contributed by atoms with Crippen LogP contribution in [-0.2, 0) is 11.3 Å². The highest BCUT2D eigenvalue weighted by atomic mass is 127. The van der Waals surface area contributed by atoms with Crippen molar-refractivity contribution in [2.45, 2.75) is 33.7 Å². The van der Waals surface area contributed by atoms with E-state index in [4.69, 9.17) is 0 Å². The number of aliphatic imine (C=N–C) groups is 1. The molecule has 1 amide bonds. The van der Waals surface area contributed by atoms with Crippen molar-refractivity contribution in [3.63, 3.8) is 0 Å². The lowest BCUT2D eigenvalue weighted by Crippen LogP contribution is -2.40. The molecule has 148 valence electrons. The van der Waals surface area contributed by atoms with Crippen LogP contribution in [0.2, 0.25) is 0 Å². The monoisotopic (exact) mass is 482 g/mol. The number of rotatable bonds is 8. The Balaban J connectivity index is 0.00000364. The average Bonchev–Trinajstić information content (AvgIpc) is 2.67. The van der Waals surface area contributed by atoms with Crippen molar-refractivity contribution in [1.29, 1.82) is 0 Å². The first-order valence-electron chi connectivity index (χ1n) is 9.46. The minimum atomic E-state index is 0.